The highest BCUT2D eigenvalue weighted by Crippen LogP contribution is 1.92. The van der Waals surface area contributed by atoms with E-state index in [4.69, 9.17) is 0 Å². The standard InChI is InChI=1S/C10H18N4O/c1-8(2)12-10(15)7-11-6-9-4-5-14(3)13-9/h4-5,8,11H,6-7H2,1-3H3,(H,12,15). The maximum Gasteiger partial charge on any atom is 0.234 e. The van der Waals surface area contributed by atoms with Crippen molar-refractivity contribution in [2.45, 2.75) is 26.4 Å². The fourth-order valence-electron chi connectivity index (χ4n) is 1.23. The van der Waals surface area contributed by atoms with Crippen molar-refractivity contribution in [2.24, 2.45) is 7.05 Å². The Morgan fingerprint density at radius 3 is 2.87 bits per heavy atom. The van der Waals surface area contributed by atoms with Crippen LogP contribution in [0.5, 0.6) is 0 Å². The third kappa shape index (κ3) is 4.60. The molecule has 0 aliphatic rings. The Kier molecular flexibility index (Phi) is 4.30. The van der Waals surface area contributed by atoms with Crippen molar-refractivity contribution >= 4 is 5.91 Å². The number of carbonyl (C=O) groups excluding carboxylic acids is 1. The molecule has 84 valence electrons. The number of amides is 1. The first-order chi connectivity index (χ1) is 7.08. The number of hydrogen-bond donors (Lipinski definition) is 2. The van der Waals surface area contributed by atoms with Crippen LogP contribution in [-0.2, 0) is 18.4 Å². The summed E-state index contributed by atoms with van der Waals surface area (Å²) in [5.41, 5.74) is 0.940. The predicted molar refractivity (Wildman–Crippen MR) is 58.2 cm³/mol. The molecule has 1 heterocycles. The number of hydrogen-bond acceptors (Lipinski definition) is 3. The Balaban J connectivity index is 2.19. The fraction of sp³-hybridized carbons (Fsp3) is 0.600. The van der Waals surface area contributed by atoms with E-state index in [-0.39, 0.29) is 11.9 Å². The second-order valence-electron chi connectivity index (χ2n) is 3.81. The topological polar surface area (TPSA) is 59.0 Å². The van der Waals surface area contributed by atoms with Gasteiger partial charge in [-0.3, -0.25) is 9.48 Å². The zero-order valence-electron chi connectivity index (χ0n) is 9.45. The molecule has 0 unspecified atom stereocenters. The van der Waals surface area contributed by atoms with Gasteiger partial charge in [-0.2, -0.15) is 5.10 Å². The van der Waals surface area contributed by atoms with Crippen molar-refractivity contribution in [1.82, 2.24) is 20.4 Å². The molecule has 0 spiro atoms. The van der Waals surface area contributed by atoms with Gasteiger partial charge in [-0.05, 0) is 19.9 Å². The van der Waals surface area contributed by atoms with Gasteiger partial charge < -0.3 is 10.6 Å². The summed E-state index contributed by atoms with van der Waals surface area (Å²) >= 11 is 0. The average Bonchev–Trinajstić information content (AvgIpc) is 2.50. The molecule has 0 aliphatic heterocycles. The monoisotopic (exact) mass is 210 g/mol. The Bertz CT molecular complexity index is 319. The molecule has 5 heteroatoms. The van der Waals surface area contributed by atoms with E-state index in [9.17, 15) is 4.79 Å². The first kappa shape index (κ1) is 11.7. The van der Waals surface area contributed by atoms with Crippen LogP contribution in [0.4, 0.5) is 0 Å². The van der Waals surface area contributed by atoms with Crippen LogP contribution in [0.3, 0.4) is 0 Å². The SMILES string of the molecule is CC(C)NC(=O)CNCc1ccn(C)n1. The summed E-state index contributed by atoms with van der Waals surface area (Å²) in [6, 6.07) is 2.11. The molecule has 0 atom stereocenters. The zero-order chi connectivity index (χ0) is 11.3. The number of nitrogens with one attached hydrogen (secondary N) is 2. The van der Waals surface area contributed by atoms with Crippen LogP contribution in [0, 0.1) is 0 Å². The van der Waals surface area contributed by atoms with Crippen LogP contribution in [0.25, 0.3) is 0 Å². The quantitative estimate of drug-likeness (QED) is 0.721. The molecule has 1 aromatic heterocycles. The molecule has 1 rings (SSSR count). The van der Waals surface area contributed by atoms with Gasteiger partial charge in [-0.25, -0.2) is 0 Å². The molecule has 0 radical (unpaired) electrons. The summed E-state index contributed by atoms with van der Waals surface area (Å²) in [7, 11) is 1.87. The minimum atomic E-state index is 0.0148. The summed E-state index contributed by atoms with van der Waals surface area (Å²) in [6.45, 7) is 4.83. The molecule has 0 aliphatic carbocycles. The summed E-state index contributed by atoms with van der Waals surface area (Å²) in [4.78, 5) is 11.2. The van der Waals surface area contributed by atoms with Crippen LogP contribution in [0.1, 0.15) is 19.5 Å². The van der Waals surface area contributed by atoms with Gasteiger partial charge in [-0.1, -0.05) is 0 Å². The second-order valence-corrected chi connectivity index (χ2v) is 3.81. The van der Waals surface area contributed by atoms with Crippen LogP contribution in [0.2, 0.25) is 0 Å². The van der Waals surface area contributed by atoms with Crippen LogP contribution in [-0.4, -0.2) is 28.3 Å². The smallest absolute Gasteiger partial charge is 0.234 e. The Morgan fingerprint density at radius 2 is 2.33 bits per heavy atom. The number of rotatable bonds is 5. The number of nitrogens with zero attached hydrogens (tertiary/aromatic N) is 2. The van der Waals surface area contributed by atoms with E-state index in [0.29, 0.717) is 13.1 Å². The minimum Gasteiger partial charge on any atom is -0.353 e. The lowest BCUT2D eigenvalue weighted by Gasteiger charge is -2.08. The minimum absolute atomic E-state index is 0.0148. The van der Waals surface area contributed by atoms with Crippen LogP contribution < -0.4 is 10.6 Å². The maximum atomic E-state index is 11.2. The van der Waals surface area contributed by atoms with E-state index in [1.54, 1.807) is 4.68 Å². The lowest BCUT2D eigenvalue weighted by Crippen LogP contribution is -2.37. The maximum absolute atomic E-state index is 11.2. The molecular weight excluding hydrogens is 192 g/mol. The van der Waals surface area contributed by atoms with Crippen molar-refractivity contribution in [1.29, 1.82) is 0 Å². The number of aryl methyl sites for hydroxylation is 1. The molecule has 2 N–H and O–H groups in total. The molecule has 1 amide bonds. The van der Waals surface area contributed by atoms with E-state index in [1.165, 1.54) is 0 Å². The van der Waals surface area contributed by atoms with Gasteiger partial charge in [0.15, 0.2) is 0 Å². The van der Waals surface area contributed by atoms with E-state index in [2.05, 4.69) is 15.7 Å². The van der Waals surface area contributed by atoms with Crippen LogP contribution >= 0.6 is 0 Å². The molecule has 1 aromatic rings. The fourth-order valence-corrected chi connectivity index (χ4v) is 1.23. The first-order valence-electron chi connectivity index (χ1n) is 5.06. The number of carbonyl (C=O) groups is 1. The average molecular weight is 210 g/mol. The van der Waals surface area contributed by atoms with Gasteiger partial charge in [-0.15, -0.1) is 0 Å². The Morgan fingerprint density at radius 1 is 1.60 bits per heavy atom. The summed E-state index contributed by atoms with van der Waals surface area (Å²) in [5, 5.41) is 10.0. The third-order valence-corrected chi connectivity index (χ3v) is 1.81. The van der Waals surface area contributed by atoms with E-state index in [1.807, 2.05) is 33.2 Å². The van der Waals surface area contributed by atoms with Gasteiger partial charge in [0, 0.05) is 25.8 Å². The van der Waals surface area contributed by atoms with E-state index in [0.717, 1.165) is 5.69 Å². The number of aromatic nitrogens is 2. The first-order valence-corrected chi connectivity index (χ1v) is 5.06. The van der Waals surface area contributed by atoms with Gasteiger partial charge in [0.05, 0.1) is 12.2 Å². The molecule has 0 saturated heterocycles. The normalized spacial score (nSPS) is 10.7. The molecule has 0 saturated carbocycles. The van der Waals surface area contributed by atoms with Gasteiger partial charge >= 0.3 is 0 Å². The lowest BCUT2D eigenvalue weighted by molar-refractivity contribution is -0.120. The van der Waals surface area contributed by atoms with Crippen molar-refractivity contribution in [2.75, 3.05) is 6.54 Å². The summed E-state index contributed by atoms with van der Waals surface area (Å²) in [6.07, 6.45) is 1.88. The lowest BCUT2D eigenvalue weighted by atomic mass is 10.4. The molecule has 0 fully saturated rings. The van der Waals surface area contributed by atoms with Crippen molar-refractivity contribution in [3.63, 3.8) is 0 Å². The van der Waals surface area contributed by atoms with Gasteiger partial charge in [0.2, 0.25) is 5.91 Å². The highest BCUT2D eigenvalue weighted by molar-refractivity contribution is 5.78. The Labute approximate surface area is 89.9 Å². The van der Waals surface area contributed by atoms with E-state index < -0.39 is 0 Å². The highest BCUT2D eigenvalue weighted by atomic mass is 16.1. The van der Waals surface area contributed by atoms with Crippen LogP contribution in [0.15, 0.2) is 12.3 Å². The van der Waals surface area contributed by atoms with E-state index >= 15 is 0 Å². The highest BCUT2D eigenvalue weighted by Gasteiger charge is 2.02. The Hall–Kier alpha value is -1.36. The molecule has 15 heavy (non-hydrogen) atoms. The van der Waals surface area contributed by atoms with Gasteiger partial charge in [0.1, 0.15) is 0 Å². The predicted octanol–water partition coefficient (Wildman–Crippen LogP) is 0.0343. The molecule has 0 aromatic carbocycles. The largest absolute Gasteiger partial charge is 0.353 e. The molecular formula is C10H18N4O. The summed E-state index contributed by atoms with van der Waals surface area (Å²) in [5.74, 6) is 0.0148. The van der Waals surface area contributed by atoms with Gasteiger partial charge in [0.25, 0.3) is 0 Å². The molecule has 0 bridgehead atoms. The van der Waals surface area contributed by atoms with Crippen molar-refractivity contribution < 1.29 is 4.79 Å². The third-order valence-electron chi connectivity index (χ3n) is 1.81. The summed E-state index contributed by atoms with van der Waals surface area (Å²) < 4.78 is 1.74. The van der Waals surface area contributed by atoms with Crippen molar-refractivity contribution in [3.05, 3.63) is 18.0 Å². The molecule has 5 nitrogen and oxygen atoms in total. The van der Waals surface area contributed by atoms with Crippen molar-refractivity contribution in [3.8, 4) is 0 Å². The zero-order valence-corrected chi connectivity index (χ0v) is 9.45. The second kappa shape index (κ2) is 5.50.